The molecule has 0 aromatic carbocycles. The quantitative estimate of drug-likeness (QED) is 0.102. The molecule has 4 heteroatoms. The van der Waals surface area contributed by atoms with Gasteiger partial charge in [-0.15, -0.1) is 0 Å². The zero-order valence-corrected chi connectivity index (χ0v) is 26.5. The molecule has 0 atom stereocenters. The third kappa shape index (κ3) is 25.2. The minimum absolute atomic E-state index is 0.457. The van der Waals surface area contributed by atoms with Crippen molar-refractivity contribution < 1.29 is 19.8 Å². The highest BCUT2D eigenvalue weighted by Crippen LogP contribution is 2.38. The molecule has 0 aromatic rings. The van der Waals surface area contributed by atoms with Crippen molar-refractivity contribution in [2.45, 2.75) is 195 Å². The molecule has 0 rings (SSSR count). The van der Waals surface area contributed by atoms with Gasteiger partial charge in [-0.3, -0.25) is 9.59 Å². The molecule has 0 aromatic heterocycles. The Morgan fingerprint density at radius 3 is 1.03 bits per heavy atom. The minimum atomic E-state index is -0.833. The van der Waals surface area contributed by atoms with Crippen LogP contribution in [0.25, 0.3) is 0 Å². The Labute approximate surface area is 238 Å². The summed E-state index contributed by atoms with van der Waals surface area (Å²) in [4.78, 5) is 21.5. The van der Waals surface area contributed by atoms with Gasteiger partial charge < -0.3 is 10.2 Å². The molecule has 4 nitrogen and oxygen atoms in total. The first-order valence-electron chi connectivity index (χ1n) is 16.7. The van der Waals surface area contributed by atoms with E-state index in [9.17, 15) is 9.90 Å². The third-order valence-corrected chi connectivity index (χ3v) is 8.17. The summed E-state index contributed by atoms with van der Waals surface area (Å²) in [5, 5.41) is 17.7. The van der Waals surface area contributed by atoms with E-state index in [1.807, 2.05) is 0 Å². The molecule has 0 spiro atoms. The second kappa shape index (κ2) is 28.9. The summed E-state index contributed by atoms with van der Waals surface area (Å²) in [6.45, 7) is 10.1. The minimum Gasteiger partial charge on any atom is -0.481 e. The summed E-state index contributed by atoms with van der Waals surface area (Å²) in [7, 11) is 0. The van der Waals surface area contributed by atoms with E-state index in [2.05, 4.69) is 27.7 Å². The van der Waals surface area contributed by atoms with E-state index in [-0.39, 0.29) is 0 Å². The van der Waals surface area contributed by atoms with Crippen LogP contribution in [0.2, 0.25) is 0 Å². The van der Waals surface area contributed by atoms with Gasteiger partial charge in [-0.25, -0.2) is 0 Å². The van der Waals surface area contributed by atoms with E-state index >= 15 is 0 Å². The summed E-state index contributed by atoms with van der Waals surface area (Å²) >= 11 is 0. The van der Waals surface area contributed by atoms with Gasteiger partial charge in [0.15, 0.2) is 0 Å². The highest BCUT2D eigenvalue weighted by molar-refractivity contribution is 5.74. The van der Waals surface area contributed by atoms with Crippen molar-refractivity contribution in [1.29, 1.82) is 0 Å². The van der Waals surface area contributed by atoms with E-state index in [1.165, 1.54) is 122 Å². The molecule has 0 saturated carbocycles. The van der Waals surface area contributed by atoms with Crippen LogP contribution >= 0.6 is 0 Å². The van der Waals surface area contributed by atoms with Crippen LogP contribution in [0, 0.1) is 11.3 Å². The van der Waals surface area contributed by atoms with Crippen molar-refractivity contribution in [1.82, 2.24) is 0 Å². The Morgan fingerprint density at radius 2 is 0.763 bits per heavy atom. The molecule has 0 aliphatic rings. The zero-order chi connectivity index (χ0) is 28.9. The maximum Gasteiger partial charge on any atom is 0.309 e. The van der Waals surface area contributed by atoms with Crippen LogP contribution in [-0.4, -0.2) is 22.2 Å². The molecule has 228 valence electrons. The van der Waals surface area contributed by atoms with Crippen LogP contribution in [0.15, 0.2) is 0 Å². The lowest BCUT2D eigenvalue weighted by Crippen LogP contribution is -2.31. The summed E-state index contributed by atoms with van der Waals surface area (Å²) in [6.07, 6.45) is 31.0. The molecule has 0 bridgehead atoms. The predicted octanol–water partition coefficient (Wildman–Crippen LogP) is 11.6. The van der Waals surface area contributed by atoms with Crippen LogP contribution in [0.3, 0.4) is 0 Å². The van der Waals surface area contributed by atoms with E-state index < -0.39 is 17.4 Å². The lowest BCUT2D eigenvalue weighted by molar-refractivity contribution is -0.151. The number of carboxylic acids is 2. The van der Waals surface area contributed by atoms with Crippen molar-refractivity contribution in [2.24, 2.45) is 11.3 Å². The smallest absolute Gasteiger partial charge is 0.309 e. The van der Waals surface area contributed by atoms with Crippen molar-refractivity contribution in [2.75, 3.05) is 0 Å². The molecular formula is C34H68O4. The Bertz CT molecular complexity index is 489. The number of unbranched alkanes of at least 4 members (excludes halogenated alkanes) is 14. The highest BCUT2D eigenvalue weighted by atomic mass is 16.4. The van der Waals surface area contributed by atoms with Gasteiger partial charge in [-0.2, -0.15) is 0 Å². The summed E-state index contributed by atoms with van der Waals surface area (Å²) in [5.74, 6) is -0.439. The maximum absolute atomic E-state index is 12.5. The average Bonchev–Trinajstić information content (AvgIpc) is 2.87. The summed E-state index contributed by atoms with van der Waals surface area (Å²) in [5.41, 5.74) is -0.457. The average molecular weight is 541 g/mol. The predicted molar refractivity (Wildman–Crippen MR) is 165 cm³/mol. The largest absolute Gasteiger partial charge is 0.481 e. The Balaban J connectivity index is 0. The molecule has 0 unspecified atom stereocenters. The maximum atomic E-state index is 12.5. The van der Waals surface area contributed by atoms with Gasteiger partial charge in [-0.05, 0) is 25.2 Å². The first kappa shape index (κ1) is 39.1. The number of carbonyl (C=O) groups is 2. The number of hydrogen-bond donors (Lipinski definition) is 2. The molecule has 38 heavy (non-hydrogen) atoms. The first-order valence-corrected chi connectivity index (χ1v) is 16.7. The van der Waals surface area contributed by atoms with Crippen LogP contribution in [0.1, 0.15) is 195 Å². The number of aliphatic carboxylic acids is 2. The molecule has 0 aliphatic carbocycles. The van der Waals surface area contributed by atoms with E-state index in [1.54, 1.807) is 0 Å². The molecule has 2 N–H and O–H groups in total. The highest BCUT2D eigenvalue weighted by Gasteiger charge is 2.36. The van der Waals surface area contributed by atoms with Crippen molar-refractivity contribution >= 4 is 11.9 Å². The molecule has 0 saturated heterocycles. The van der Waals surface area contributed by atoms with Gasteiger partial charge in [0.05, 0.1) is 5.41 Å². The Hall–Kier alpha value is -1.06. The lowest BCUT2D eigenvalue weighted by Gasteiger charge is -2.30. The normalized spacial score (nSPS) is 11.4. The third-order valence-electron chi connectivity index (χ3n) is 8.17. The molecule has 0 fully saturated rings. The van der Waals surface area contributed by atoms with Gasteiger partial charge in [-0.1, -0.05) is 169 Å². The second-order valence-electron chi connectivity index (χ2n) is 11.9. The fourth-order valence-electron chi connectivity index (χ4n) is 5.70. The van der Waals surface area contributed by atoms with Crippen molar-refractivity contribution in [3.8, 4) is 0 Å². The molecular weight excluding hydrogens is 472 g/mol. The van der Waals surface area contributed by atoms with Crippen LogP contribution < -0.4 is 0 Å². The van der Waals surface area contributed by atoms with Gasteiger partial charge in [0.25, 0.3) is 5.97 Å². The van der Waals surface area contributed by atoms with Gasteiger partial charge in [0.1, 0.15) is 0 Å². The topological polar surface area (TPSA) is 74.6 Å². The monoisotopic (exact) mass is 541 g/mol. The summed E-state index contributed by atoms with van der Waals surface area (Å²) in [6, 6.07) is 0. The standard InChI is InChI=1S/C32H64O2.C2H4O2/c1-5-9-13-18-24-30(25-19-14-10-6-2)26-20-17-23-29-32(31(33)34,27-21-15-11-7-3)28-22-16-12-8-4;1-2(3)4/h30H,5-29H2,1-4H3,(H,33,34);1H3,(H,3,4). The van der Waals surface area contributed by atoms with Gasteiger partial charge >= 0.3 is 5.97 Å². The molecule has 0 amide bonds. The van der Waals surface area contributed by atoms with E-state index in [0.29, 0.717) is 0 Å². The molecule has 0 radical (unpaired) electrons. The lowest BCUT2D eigenvalue weighted by atomic mass is 9.74. The SMILES string of the molecule is CC(=O)O.CCCCCCC(CCCCCC)CCCCCC(CCCCCC)(CCCCCC)C(=O)O. The zero-order valence-electron chi connectivity index (χ0n) is 26.5. The molecule has 0 heterocycles. The van der Waals surface area contributed by atoms with Crippen molar-refractivity contribution in [3.05, 3.63) is 0 Å². The Morgan fingerprint density at radius 1 is 0.500 bits per heavy atom. The van der Waals surface area contributed by atoms with Crippen LogP contribution in [0.4, 0.5) is 0 Å². The Kier molecular flexibility index (Phi) is 29.8. The van der Waals surface area contributed by atoms with Gasteiger partial charge in [0.2, 0.25) is 0 Å². The number of hydrogen-bond acceptors (Lipinski definition) is 2. The van der Waals surface area contributed by atoms with E-state index in [4.69, 9.17) is 9.90 Å². The number of carboxylic acid groups (broad SMARTS) is 2. The molecule has 0 aliphatic heterocycles. The number of rotatable bonds is 27. The van der Waals surface area contributed by atoms with Crippen LogP contribution in [-0.2, 0) is 9.59 Å². The second-order valence-corrected chi connectivity index (χ2v) is 11.9. The fourth-order valence-corrected chi connectivity index (χ4v) is 5.70. The fraction of sp³-hybridized carbons (Fsp3) is 0.941. The van der Waals surface area contributed by atoms with Crippen LogP contribution in [0.5, 0.6) is 0 Å². The first-order chi connectivity index (χ1) is 18.3. The van der Waals surface area contributed by atoms with Crippen molar-refractivity contribution in [3.63, 3.8) is 0 Å². The van der Waals surface area contributed by atoms with E-state index in [0.717, 1.165) is 51.4 Å². The van der Waals surface area contributed by atoms with Gasteiger partial charge in [0, 0.05) is 6.92 Å². The summed E-state index contributed by atoms with van der Waals surface area (Å²) < 4.78 is 0.